The largest absolute Gasteiger partial charge is 0.416 e. The number of likely N-dealkylation sites (N-methyl/N-ethyl adjacent to an activating group) is 1. The predicted octanol–water partition coefficient (Wildman–Crippen LogP) is 1.63. The Labute approximate surface area is 154 Å². The molecule has 1 heterocycles. The summed E-state index contributed by atoms with van der Waals surface area (Å²) in [6, 6.07) is 5.92. The molecule has 0 radical (unpaired) electrons. The highest BCUT2D eigenvalue weighted by Gasteiger charge is 2.43. The van der Waals surface area contributed by atoms with Crippen molar-refractivity contribution in [1.82, 2.24) is 0 Å². The topological polar surface area (TPSA) is 30.3 Å². The van der Waals surface area contributed by atoms with Crippen LogP contribution in [-0.2, 0) is 16.3 Å². The number of alkyl halides is 3. The normalized spacial score (nSPS) is 23.4. The summed E-state index contributed by atoms with van der Waals surface area (Å²) in [5.41, 5.74) is -0.334. The van der Waals surface area contributed by atoms with Crippen LogP contribution in [0.15, 0.2) is 24.3 Å². The van der Waals surface area contributed by atoms with E-state index in [9.17, 15) is 13.2 Å². The van der Waals surface area contributed by atoms with E-state index >= 15 is 0 Å². The number of rotatable bonds is 7. The summed E-state index contributed by atoms with van der Waals surface area (Å²) < 4.78 is 45.5. The summed E-state index contributed by atoms with van der Waals surface area (Å²) in [4.78, 5) is 1.40. The van der Waals surface area contributed by atoms with Crippen LogP contribution in [0.5, 0.6) is 0 Å². The third-order valence-electron chi connectivity index (χ3n) is 5.32. The van der Waals surface area contributed by atoms with Crippen LogP contribution in [0.3, 0.4) is 0 Å². The lowest BCUT2D eigenvalue weighted by atomic mass is 9.67. The van der Waals surface area contributed by atoms with E-state index in [1.165, 1.54) is 11.0 Å². The number of quaternary nitrogens is 2. The summed E-state index contributed by atoms with van der Waals surface area (Å²) >= 11 is 0. The van der Waals surface area contributed by atoms with E-state index < -0.39 is 11.7 Å². The molecule has 0 saturated carbocycles. The Morgan fingerprint density at radius 3 is 2.54 bits per heavy atom. The SMILES string of the molecule is C[NH+](C)CC[NH2+]CC[C@@]1(c2cccc(C(F)(F)F)c2)CCOC(C)(C)C1. The summed E-state index contributed by atoms with van der Waals surface area (Å²) in [5, 5.41) is 2.28. The van der Waals surface area contributed by atoms with Crippen molar-refractivity contribution in [1.29, 1.82) is 0 Å². The fraction of sp³-hybridized carbons (Fsp3) is 0.700. The van der Waals surface area contributed by atoms with Crippen LogP contribution in [-0.4, -0.2) is 45.9 Å². The Morgan fingerprint density at radius 1 is 1.19 bits per heavy atom. The number of nitrogens with two attached hydrogens (primary N) is 1. The van der Waals surface area contributed by atoms with Crippen LogP contribution in [0.1, 0.15) is 44.2 Å². The third kappa shape index (κ3) is 5.69. The Morgan fingerprint density at radius 2 is 1.92 bits per heavy atom. The quantitative estimate of drug-likeness (QED) is 0.699. The second kappa shape index (κ2) is 8.28. The first kappa shape index (κ1) is 21.2. The second-order valence-corrected chi connectivity index (χ2v) is 8.47. The number of benzene rings is 1. The zero-order valence-corrected chi connectivity index (χ0v) is 16.4. The average molecular weight is 374 g/mol. The Kier molecular flexibility index (Phi) is 6.75. The maximum Gasteiger partial charge on any atom is 0.416 e. The van der Waals surface area contributed by atoms with Crippen LogP contribution in [0.4, 0.5) is 13.2 Å². The van der Waals surface area contributed by atoms with Crippen molar-refractivity contribution in [2.75, 3.05) is 40.3 Å². The second-order valence-electron chi connectivity index (χ2n) is 8.47. The van der Waals surface area contributed by atoms with Crippen molar-refractivity contribution < 1.29 is 28.1 Å². The molecule has 1 aliphatic rings. The van der Waals surface area contributed by atoms with Gasteiger partial charge in [-0.05, 0) is 38.3 Å². The van der Waals surface area contributed by atoms with Crippen LogP contribution in [0, 0.1) is 0 Å². The molecule has 148 valence electrons. The lowest BCUT2D eigenvalue weighted by Gasteiger charge is -2.45. The molecule has 0 aromatic heterocycles. The van der Waals surface area contributed by atoms with Gasteiger partial charge in [-0.2, -0.15) is 13.2 Å². The first-order valence-electron chi connectivity index (χ1n) is 9.47. The maximum absolute atomic E-state index is 13.2. The first-order chi connectivity index (χ1) is 12.0. The van der Waals surface area contributed by atoms with Crippen LogP contribution >= 0.6 is 0 Å². The van der Waals surface area contributed by atoms with E-state index in [4.69, 9.17) is 4.74 Å². The maximum atomic E-state index is 13.2. The van der Waals surface area contributed by atoms with Gasteiger partial charge >= 0.3 is 6.18 Å². The molecule has 2 rings (SSSR count). The minimum atomic E-state index is -4.31. The molecule has 3 N–H and O–H groups in total. The van der Waals surface area contributed by atoms with Crippen LogP contribution in [0.25, 0.3) is 0 Å². The molecule has 0 amide bonds. The zero-order valence-electron chi connectivity index (χ0n) is 16.4. The van der Waals surface area contributed by atoms with E-state index in [2.05, 4.69) is 19.4 Å². The van der Waals surface area contributed by atoms with Gasteiger partial charge in [0.25, 0.3) is 0 Å². The number of nitrogens with one attached hydrogen (secondary N) is 1. The predicted molar refractivity (Wildman–Crippen MR) is 96.3 cm³/mol. The molecule has 0 bridgehead atoms. The highest BCUT2D eigenvalue weighted by atomic mass is 19.4. The highest BCUT2D eigenvalue weighted by Crippen LogP contribution is 2.44. The molecule has 1 aromatic carbocycles. The van der Waals surface area contributed by atoms with E-state index in [0.29, 0.717) is 6.61 Å². The Balaban J connectivity index is 2.21. The van der Waals surface area contributed by atoms with E-state index in [-0.39, 0.29) is 11.0 Å². The number of hydrogen-bond acceptors (Lipinski definition) is 1. The van der Waals surface area contributed by atoms with Gasteiger partial charge in [-0.15, -0.1) is 0 Å². The molecule has 0 aliphatic carbocycles. The standard InChI is InChI=1S/C20H31F3N2O/c1-18(2)15-19(9-13-26-18,8-10-24-11-12-25(3)4)16-6-5-7-17(14-16)20(21,22)23/h5-7,14,24H,8-13,15H2,1-4H3/p+2/t19-/m1/s1. The van der Waals surface area contributed by atoms with E-state index in [1.54, 1.807) is 6.07 Å². The minimum absolute atomic E-state index is 0.259. The van der Waals surface area contributed by atoms with Gasteiger partial charge in [0, 0.05) is 18.4 Å². The van der Waals surface area contributed by atoms with Crippen molar-refractivity contribution in [3.05, 3.63) is 35.4 Å². The molecule has 0 unspecified atom stereocenters. The molecule has 1 atom stereocenters. The summed E-state index contributed by atoms with van der Waals surface area (Å²) in [7, 11) is 4.25. The molecule has 26 heavy (non-hydrogen) atoms. The number of hydrogen-bond donors (Lipinski definition) is 2. The summed E-state index contributed by atoms with van der Waals surface area (Å²) in [6.45, 7) is 7.68. The van der Waals surface area contributed by atoms with Crippen molar-refractivity contribution in [3.63, 3.8) is 0 Å². The molecule has 1 aromatic rings. The minimum Gasteiger partial charge on any atom is -0.376 e. The molecule has 1 aliphatic heterocycles. The van der Waals surface area contributed by atoms with Gasteiger partial charge in [0.15, 0.2) is 0 Å². The van der Waals surface area contributed by atoms with Crippen molar-refractivity contribution >= 4 is 0 Å². The Bertz CT molecular complexity index is 587. The first-order valence-corrected chi connectivity index (χ1v) is 9.47. The lowest BCUT2D eigenvalue weighted by Crippen LogP contribution is -3.09. The van der Waals surface area contributed by atoms with E-state index in [1.807, 2.05) is 19.9 Å². The van der Waals surface area contributed by atoms with Gasteiger partial charge in [0.1, 0.15) is 13.1 Å². The van der Waals surface area contributed by atoms with Crippen molar-refractivity contribution in [2.24, 2.45) is 0 Å². The fourth-order valence-electron chi connectivity index (χ4n) is 4.02. The summed E-state index contributed by atoms with van der Waals surface area (Å²) in [5.74, 6) is 0. The molecule has 0 spiro atoms. The fourth-order valence-corrected chi connectivity index (χ4v) is 4.02. The van der Waals surface area contributed by atoms with E-state index in [0.717, 1.165) is 50.5 Å². The Hall–Kier alpha value is -1.11. The summed E-state index contributed by atoms with van der Waals surface area (Å²) in [6.07, 6.45) is -1.93. The van der Waals surface area contributed by atoms with Crippen molar-refractivity contribution in [2.45, 2.75) is 50.3 Å². The van der Waals surface area contributed by atoms with Gasteiger partial charge in [-0.1, -0.05) is 18.2 Å². The van der Waals surface area contributed by atoms with Crippen LogP contribution in [0.2, 0.25) is 0 Å². The molecule has 6 heteroatoms. The van der Waals surface area contributed by atoms with Crippen molar-refractivity contribution in [3.8, 4) is 0 Å². The van der Waals surface area contributed by atoms with Gasteiger partial charge in [0.2, 0.25) is 0 Å². The van der Waals surface area contributed by atoms with Gasteiger partial charge in [0.05, 0.1) is 31.8 Å². The van der Waals surface area contributed by atoms with Crippen LogP contribution < -0.4 is 10.2 Å². The zero-order chi connectivity index (χ0) is 19.4. The molecule has 3 nitrogen and oxygen atoms in total. The molecule has 1 fully saturated rings. The van der Waals surface area contributed by atoms with Gasteiger partial charge in [-0.25, -0.2) is 0 Å². The van der Waals surface area contributed by atoms with Gasteiger partial charge in [-0.3, -0.25) is 0 Å². The average Bonchev–Trinajstić information content (AvgIpc) is 2.52. The third-order valence-corrected chi connectivity index (χ3v) is 5.32. The molecular weight excluding hydrogens is 341 g/mol. The molecular formula is C20H33F3N2O+2. The van der Waals surface area contributed by atoms with Gasteiger partial charge < -0.3 is 15.0 Å². The monoisotopic (exact) mass is 374 g/mol. The highest BCUT2D eigenvalue weighted by molar-refractivity contribution is 5.33. The number of halogens is 3. The molecule has 1 saturated heterocycles. The number of ether oxygens (including phenoxy) is 1. The smallest absolute Gasteiger partial charge is 0.376 e. The lowest BCUT2D eigenvalue weighted by molar-refractivity contribution is -0.874.